The monoisotopic (exact) mass is 265 g/mol. The highest BCUT2D eigenvalue weighted by Gasteiger charge is 2.25. The van der Waals surface area contributed by atoms with Crippen molar-refractivity contribution in [3.05, 3.63) is 29.3 Å². The summed E-state index contributed by atoms with van der Waals surface area (Å²) in [7, 11) is 1.61. The molecular weight excluding hydrogens is 242 g/mol. The number of rotatable bonds is 5. The van der Waals surface area contributed by atoms with E-state index < -0.39 is 11.6 Å². The molecule has 1 unspecified atom stereocenters. The van der Waals surface area contributed by atoms with Gasteiger partial charge in [0, 0.05) is 0 Å². The summed E-state index contributed by atoms with van der Waals surface area (Å²) in [6.45, 7) is 7.21. The molecule has 0 aliphatic carbocycles. The number of aryl methyl sites for hydroxylation is 1. The third-order valence-electron chi connectivity index (χ3n) is 3.34. The lowest BCUT2D eigenvalue weighted by molar-refractivity contribution is -0.123. The molecule has 1 amide bonds. The van der Waals surface area contributed by atoms with Gasteiger partial charge in [0.1, 0.15) is 5.75 Å². The zero-order valence-corrected chi connectivity index (χ0v) is 12.3. The van der Waals surface area contributed by atoms with Crippen molar-refractivity contribution in [3.8, 4) is 5.75 Å². The lowest BCUT2D eigenvalue weighted by atomic mass is 9.98. The van der Waals surface area contributed by atoms with E-state index in [4.69, 9.17) is 4.74 Å². The van der Waals surface area contributed by atoms with Gasteiger partial charge in [0.05, 0.1) is 25.2 Å². The molecule has 1 rings (SSSR count). The van der Waals surface area contributed by atoms with Gasteiger partial charge < -0.3 is 15.2 Å². The molecule has 1 aromatic carbocycles. The van der Waals surface area contributed by atoms with Crippen LogP contribution in [0.25, 0.3) is 0 Å². The van der Waals surface area contributed by atoms with Gasteiger partial charge in [-0.15, -0.1) is 0 Å². The molecule has 0 radical (unpaired) electrons. The Labute approximate surface area is 114 Å². The van der Waals surface area contributed by atoms with Crippen LogP contribution in [0.15, 0.2) is 18.2 Å². The molecule has 0 aliphatic heterocycles. The van der Waals surface area contributed by atoms with Gasteiger partial charge in [-0.05, 0) is 44.9 Å². The average Bonchev–Trinajstić information content (AvgIpc) is 2.30. The minimum absolute atomic E-state index is 0.114. The summed E-state index contributed by atoms with van der Waals surface area (Å²) in [5, 5.41) is 12.4. The SMILES string of the molecule is COc1cc(CC(=O)NC(C)(C)C(C)O)ccc1C. The number of hydrogen-bond donors (Lipinski definition) is 2. The minimum Gasteiger partial charge on any atom is -0.496 e. The zero-order valence-electron chi connectivity index (χ0n) is 12.3. The van der Waals surface area contributed by atoms with Crippen LogP contribution in [-0.2, 0) is 11.2 Å². The Morgan fingerprint density at radius 3 is 2.63 bits per heavy atom. The summed E-state index contributed by atoms with van der Waals surface area (Å²) >= 11 is 0. The first-order chi connectivity index (χ1) is 8.76. The predicted octanol–water partition coefficient (Wildman–Crippen LogP) is 1.82. The Morgan fingerprint density at radius 1 is 1.47 bits per heavy atom. The van der Waals surface area contributed by atoms with E-state index in [1.165, 1.54) is 0 Å². The second kappa shape index (κ2) is 6.06. The molecule has 0 spiro atoms. The minimum atomic E-state index is -0.633. The van der Waals surface area contributed by atoms with E-state index in [9.17, 15) is 9.90 Å². The number of ether oxygens (including phenoxy) is 1. The van der Waals surface area contributed by atoms with Crippen LogP contribution < -0.4 is 10.1 Å². The maximum absolute atomic E-state index is 12.0. The quantitative estimate of drug-likeness (QED) is 0.854. The molecule has 1 aromatic rings. The lowest BCUT2D eigenvalue weighted by Gasteiger charge is -2.29. The van der Waals surface area contributed by atoms with E-state index in [1.807, 2.05) is 25.1 Å². The van der Waals surface area contributed by atoms with Gasteiger partial charge in [0.2, 0.25) is 5.91 Å². The number of carbonyl (C=O) groups is 1. The average molecular weight is 265 g/mol. The fourth-order valence-electron chi connectivity index (χ4n) is 1.67. The highest BCUT2D eigenvalue weighted by molar-refractivity contribution is 5.79. The van der Waals surface area contributed by atoms with Gasteiger partial charge in [-0.3, -0.25) is 4.79 Å². The molecule has 4 nitrogen and oxygen atoms in total. The van der Waals surface area contributed by atoms with E-state index >= 15 is 0 Å². The number of aliphatic hydroxyl groups excluding tert-OH is 1. The summed E-state index contributed by atoms with van der Waals surface area (Å²) < 4.78 is 5.23. The van der Waals surface area contributed by atoms with Crippen molar-refractivity contribution in [2.45, 2.75) is 45.8 Å². The highest BCUT2D eigenvalue weighted by Crippen LogP contribution is 2.19. The van der Waals surface area contributed by atoms with E-state index in [0.29, 0.717) is 0 Å². The van der Waals surface area contributed by atoms with Crippen LogP contribution in [0, 0.1) is 6.92 Å². The Morgan fingerprint density at radius 2 is 2.11 bits per heavy atom. The molecular formula is C15H23NO3. The molecule has 0 bridgehead atoms. The number of nitrogens with one attached hydrogen (secondary N) is 1. The molecule has 4 heteroatoms. The Balaban J connectivity index is 2.72. The largest absolute Gasteiger partial charge is 0.496 e. The van der Waals surface area contributed by atoms with E-state index in [1.54, 1.807) is 27.9 Å². The third kappa shape index (κ3) is 4.24. The van der Waals surface area contributed by atoms with Gasteiger partial charge in [-0.2, -0.15) is 0 Å². The number of methoxy groups -OCH3 is 1. The number of hydrogen-bond acceptors (Lipinski definition) is 3. The van der Waals surface area contributed by atoms with Crippen LogP contribution >= 0.6 is 0 Å². The number of amides is 1. The standard InChI is InChI=1S/C15H23NO3/c1-10-6-7-12(8-13(10)19-5)9-14(18)16-15(3,4)11(2)17/h6-8,11,17H,9H2,1-5H3,(H,16,18). The second-order valence-corrected chi connectivity index (χ2v) is 5.43. The van der Waals surface area contributed by atoms with Gasteiger partial charge in [-0.25, -0.2) is 0 Å². The van der Waals surface area contributed by atoms with Crippen LogP contribution in [0.3, 0.4) is 0 Å². The molecule has 0 aromatic heterocycles. The normalized spacial score (nSPS) is 12.9. The lowest BCUT2D eigenvalue weighted by Crippen LogP contribution is -2.51. The Bertz CT molecular complexity index is 453. The van der Waals surface area contributed by atoms with Crippen molar-refractivity contribution >= 4 is 5.91 Å². The van der Waals surface area contributed by atoms with E-state index in [0.717, 1.165) is 16.9 Å². The molecule has 0 fully saturated rings. The smallest absolute Gasteiger partial charge is 0.224 e. The summed E-state index contributed by atoms with van der Waals surface area (Å²) in [4.78, 5) is 12.0. The molecule has 106 valence electrons. The van der Waals surface area contributed by atoms with Crippen molar-refractivity contribution in [1.29, 1.82) is 0 Å². The van der Waals surface area contributed by atoms with Crippen molar-refractivity contribution < 1.29 is 14.6 Å². The Hall–Kier alpha value is -1.55. The third-order valence-corrected chi connectivity index (χ3v) is 3.34. The summed E-state index contributed by atoms with van der Waals surface area (Å²) in [5.41, 5.74) is 1.29. The number of aliphatic hydroxyl groups is 1. The van der Waals surface area contributed by atoms with Crippen molar-refractivity contribution in [2.24, 2.45) is 0 Å². The van der Waals surface area contributed by atoms with Gasteiger partial charge in [0.25, 0.3) is 0 Å². The fourth-order valence-corrected chi connectivity index (χ4v) is 1.67. The fraction of sp³-hybridized carbons (Fsp3) is 0.533. The molecule has 0 heterocycles. The molecule has 19 heavy (non-hydrogen) atoms. The predicted molar refractivity (Wildman–Crippen MR) is 75.3 cm³/mol. The second-order valence-electron chi connectivity index (χ2n) is 5.43. The first kappa shape index (κ1) is 15.5. The maximum atomic E-state index is 12.0. The molecule has 0 saturated carbocycles. The zero-order chi connectivity index (χ0) is 14.6. The molecule has 2 N–H and O–H groups in total. The number of benzene rings is 1. The molecule has 0 saturated heterocycles. The van der Waals surface area contributed by atoms with Crippen molar-refractivity contribution in [2.75, 3.05) is 7.11 Å². The van der Waals surface area contributed by atoms with Gasteiger partial charge in [-0.1, -0.05) is 12.1 Å². The molecule has 1 atom stereocenters. The van der Waals surface area contributed by atoms with Crippen molar-refractivity contribution in [3.63, 3.8) is 0 Å². The first-order valence-electron chi connectivity index (χ1n) is 6.39. The van der Waals surface area contributed by atoms with Crippen LogP contribution in [0.4, 0.5) is 0 Å². The van der Waals surface area contributed by atoms with E-state index in [2.05, 4.69) is 5.32 Å². The first-order valence-corrected chi connectivity index (χ1v) is 6.39. The van der Waals surface area contributed by atoms with E-state index in [-0.39, 0.29) is 12.3 Å². The topological polar surface area (TPSA) is 58.6 Å². The van der Waals surface area contributed by atoms with Crippen LogP contribution in [0.2, 0.25) is 0 Å². The van der Waals surface area contributed by atoms with Gasteiger partial charge in [0.15, 0.2) is 0 Å². The van der Waals surface area contributed by atoms with Crippen LogP contribution in [-0.4, -0.2) is 29.8 Å². The maximum Gasteiger partial charge on any atom is 0.224 e. The number of carbonyl (C=O) groups excluding carboxylic acids is 1. The summed E-state index contributed by atoms with van der Waals surface area (Å²) in [6, 6.07) is 5.71. The van der Waals surface area contributed by atoms with Crippen LogP contribution in [0.1, 0.15) is 31.9 Å². The molecule has 0 aliphatic rings. The van der Waals surface area contributed by atoms with Crippen molar-refractivity contribution in [1.82, 2.24) is 5.32 Å². The summed E-state index contributed by atoms with van der Waals surface area (Å²) in [6.07, 6.45) is -0.337. The Kier molecular flexibility index (Phi) is 4.95. The highest BCUT2D eigenvalue weighted by atomic mass is 16.5. The van der Waals surface area contributed by atoms with Crippen LogP contribution in [0.5, 0.6) is 5.75 Å². The van der Waals surface area contributed by atoms with Gasteiger partial charge >= 0.3 is 0 Å². The summed E-state index contributed by atoms with van der Waals surface area (Å²) in [5.74, 6) is 0.664.